The van der Waals surface area contributed by atoms with Gasteiger partial charge in [-0.3, -0.25) is 25.5 Å². The van der Waals surface area contributed by atoms with Crippen LogP contribution in [-0.4, -0.2) is 16.9 Å². The van der Waals surface area contributed by atoms with Crippen LogP contribution >= 0.6 is 0 Å². The van der Waals surface area contributed by atoms with Crippen LogP contribution in [0.25, 0.3) is 0 Å². The summed E-state index contributed by atoms with van der Waals surface area (Å²) in [5.74, 6) is 0.126. The minimum atomic E-state index is -0.705. The largest absolute Gasteiger partial charge is 0.364 e. The van der Waals surface area contributed by atoms with Crippen LogP contribution in [0.3, 0.4) is 0 Å². The summed E-state index contributed by atoms with van der Waals surface area (Å²) in [7, 11) is 1.48. The second kappa shape index (κ2) is 3.64. The molecular formula is C6H7N4O4+. The van der Waals surface area contributed by atoms with Crippen LogP contribution < -0.4 is 10.3 Å². The van der Waals surface area contributed by atoms with Crippen molar-refractivity contribution < 1.29 is 14.8 Å². The van der Waals surface area contributed by atoms with E-state index in [9.17, 15) is 20.2 Å². The molecule has 74 valence electrons. The van der Waals surface area contributed by atoms with Gasteiger partial charge in [0.15, 0.2) is 6.20 Å². The molecule has 14 heavy (non-hydrogen) atoms. The van der Waals surface area contributed by atoms with Gasteiger partial charge in [0.25, 0.3) is 0 Å². The lowest BCUT2D eigenvalue weighted by atomic mass is 10.3. The van der Waals surface area contributed by atoms with Gasteiger partial charge in [-0.25, -0.2) is 4.98 Å². The molecule has 0 saturated heterocycles. The topological polar surface area (TPSA) is 112 Å². The van der Waals surface area contributed by atoms with Gasteiger partial charge in [0, 0.05) is 0 Å². The highest BCUT2D eigenvalue weighted by molar-refractivity contribution is 5.54. The fourth-order valence-corrected chi connectivity index (χ4v) is 0.924. The Morgan fingerprint density at radius 1 is 1.36 bits per heavy atom. The van der Waals surface area contributed by atoms with Gasteiger partial charge in [-0.1, -0.05) is 0 Å². The molecule has 1 aromatic rings. The number of rotatable bonds is 3. The average molecular weight is 199 g/mol. The molecule has 1 aromatic heterocycles. The maximum atomic E-state index is 10.5. The molecule has 1 rings (SSSR count). The van der Waals surface area contributed by atoms with Crippen LogP contribution in [0.5, 0.6) is 0 Å². The summed E-state index contributed by atoms with van der Waals surface area (Å²) < 4.78 is 0. The van der Waals surface area contributed by atoms with Crippen LogP contribution in [0.2, 0.25) is 0 Å². The summed E-state index contributed by atoms with van der Waals surface area (Å²) in [5, 5.41) is 23.3. The summed E-state index contributed by atoms with van der Waals surface area (Å²) in [5.41, 5.74) is -0.711. The number of aromatic amines is 1. The fourth-order valence-electron chi connectivity index (χ4n) is 0.924. The Hall–Kier alpha value is -2.25. The Labute approximate surface area is 77.9 Å². The van der Waals surface area contributed by atoms with Gasteiger partial charge >= 0.3 is 17.2 Å². The predicted molar refractivity (Wildman–Crippen MR) is 45.9 cm³/mol. The van der Waals surface area contributed by atoms with Crippen molar-refractivity contribution in [2.75, 3.05) is 12.4 Å². The number of hydrogen-bond donors (Lipinski definition) is 1. The van der Waals surface area contributed by atoms with Gasteiger partial charge in [-0.2, -0.15) is 0 Å². The molecule has 1 heterocycles. The van der Waals surface area contributed by atoms with E-state index >= 15 is 0 Å². The third kappa shape index (κ3) is 1.73. The highest BCUT2D eigenvalue weighted by Crippen LogP contribution is 2.22. The molecule has 0 aromatic carbocycles. The normalized spacial score (nSPS) is 9.50. The monoisotopic (exact) mass is 199 g/mol. The van der Waals surface area contributed by atoms with Gasteiger partial charge in [0.2, 0.25) is 0 Å². The van der Waals surface area contributed by atoms with Gasteiger partial charge < -0.3 is 0 Å². The molecule has 0 aliphatic carbocycles. The Morgan fingerprint density at radius 2 is 2.00 bits per heavy atom. The molecule has 8 heteroatoms. The second-order valence-electron chi connectivity index (χ2n) is 2.38. The lowest BCUT2D eigenvalue weighted by Gasteiger charge is -1.94. The van der Waals surface area contributed by atoms with Crippen molar-refractivity contribution in [1.29, 1.82) is 0 Å². The van der Waals surface area contributed by atoms with Gasteiger partial charge in [0.1, 0.15) is 6.07 Å². The molecule has 0 spiro atoms. The maximum Gasteiger partial charge on any atom is 0.364 e. The molecule has 0 radical (unpaired) electrons. The molecule has 8 nitrogen and oxygen atoms in total. The number of nitrogens with one attached hydrogen (secondary N) is 2. The summed E-state index contributed by atoms with van der Waals surface area (Å²) in [6.07, 6.45) is 1.08. The standard InChI is InChI=1S/C6H6N4O4/c1-7-6-5(10(13)14)2-4(3-8-6)9(11)12/h2-3H,1H3,(H,7,8)/p+1. The van der Waals surface area contributed by atoms with Crippen LogP contribution in [0.4, 0.5) is 17.2 Å². The van der Waals surface area contributed by atoms with Crippen molar-refractivity contribution in [3.05, 3.63) is 32.5 Å². The second-order valence-corrected chi connectivity index (χ2v) is 2.38. The molecule has 0 bridgehead atoms. The zero-order valence-electron chi connectivity index (χ0n) is 7.18. The Morgan fingerprint density at radius 3 is 2.43 bits per heavy atom. The third-order valence-electron chi connectivity index (χ3n) is 1.56. The zero-order chi connectivity index (χ0) is 10.7. The van der Waals surface area contributed by atoms with E-state index in [4.69, 9.17) is 0 Å². The van der Waals surface area contributed by atoms with Crippen LogP contribution in [-0.2, 0) is 0 Å². The van der Waals surface area contributed by atoms with E-state index in [-0.39, 0.29) is 17.2 Å². The molecule has 0 aliphatic heterocycles. The molecule has 0 amide bonds. The van der Waals surface area contributed by atoms with Crippen molar-refractivity contribution in [3.63, 3.8) is 0 Å². The van der Waals surface area contributed by atoms with E-state index in [2.05, 4.69) is 10.3 Å². The lowest BCUT2D eigenvalue weighted by Crippen LogP contribution is -2.13. The Balaban J connectivity index is 3.27. The van der Waals surface area contributed by atoms with Crippen molar-refractivity contribution in [2.24, 2.45) is 0 Å². The first kappa shape index (κ1) is 9.84. The number of aromatic nitrogens is 1. The summed E-state index contributed by atoms with van der Waals surface area (Å²) in [6.45, 7) is 0. The van der Waals surface area contributed by atoms with E-state index in [1.54, 1.807) is 0 Å². The molecule has 0 unspecified atom stereocenters. The van der Waals surface area contributed by atoms with E-state index in [1.165, 1.54) is 7.05 Å². The highest BCUT2D eigenvalue weighted by atomic mass is 16.6. The number of nitro groups is 2. The van der Waals surface area contributed by atoms with E-state index < -0.39 is 9.85 Å². The van der Waals surface area contributed by atoms with Crippen molar-refractivity contribution in [3.8, 4) is 0 Å². The van der Waals surface area contributed by atoms with Crippen molar-refractivity contribution >= 4 is 17.2 Å². The first-order valence-corrected chi connectivity index (χ1v) is 3.58. The summed E-state index contributed by atoms with van der Waals surface area (Å²) in [6, 6.07) is 0.891. The van der Waals surface area contributed by atoms with Crippen molar-refractivity contribution in [1.82, 2.24) is 0 Å². The first-order valence-electron chi connectivity index (χ1n) is 3.58. The van der Waals surface area contributed by atoms with E-state index in [0.717, 1.165) is 12.3 Å². The van der Waals surface area contributed by atoms with E-state index in [0.29, 0.717) is 0 Å². The molecule has 0 saturated carbocycles. The number of pyridine rings is 1. The first-order chi connectivity index (χ1) is 6.56. The smallest absolute Gasteiger partial charge is 0.271 e. The van der Waals surface area contributed by atoms with E-state index in [1.807, 2.05) is 0 Å². The zero-order valence-corrected chi connectivity index (χ0v) is 7.18. The Bertz CT molecular complexity index is 391. The number of hydrogen-bond acceptors (Lipinski definition) is 5. The van der Waals surface area contributed by atoms with Gasteiger partial charge in [-0.05, 0) is 0 Å². The average Bonchev–Trinajstić information content (AvgIpc) is 2.16. The lowest BCUT2D eigenvalue weighted by molar-refractivity contribution is -0.430. The highest BCUT2D eigenvalue weighted by Gasteiger charge is 2.24. The Kier molecular flexibility index (Phi) is 2.56. The van der Waals surface area contributed by atoms with Crippen molar-refractivity contribution in [2.45, 2.75) is 0 Å². The minimum Gasteiger partial charge on any atom is -0.271 e. The molecular weight excluding hydrogens is 192 g/mol. The van der Waals surface area contributed by atoms with Gasteiger partial charge in [-0.15, -0.1) is 0 Å². The molecule has 0 fully saturated rings. The quantitative estimate of drug-likeness (QED) is 0.557. The van der Waals surface area contributed by atoms with Gasteiger partial charge in [0.05, 0.1) is 16.9 Å². The van der Waals surface area contributed by atoms with Crippen LogP contribution in [0, 0.1) is 20.2 Å². The SMILES string of the molecule is CNc1[nH+]cc([N+](=O)[O-])cc1[N+](=O)[O-]. The fraction of sp³-hybridized carbons (Fsp3) is 0.167. The predicted octanol–water partition coefficient (Wildman–Crippen LogP) is 0.359. The summed E-state index contributed by atoms with van der Waals surface area (Å²) >= 11 is 0. The molecule has 0 atom stereocenters. The molecule has 0 aliphatic rings. The van der Waals surface area contributed by atoms with Crippen LogP contribution in [0.1, 0.15) is 0 Å². The minimum absolute atomic E-state index is 0.126. The maximum absolute atomic E-state index is 10.5. The number of nitrogens with zero attached hydrogens (tertiary/aromatic N) is 2. The third-order valence-corrected chi connectivity index (χ3v) is 1.56. The number of H-pyrrole nitrogens is 1. The van der Waals surface area contributed by atoms with Crippen LogP contribution in [0.15, 0.2) is 12.3 Å². The summed E-state index contributed by atoms with van der Waals surface area (Å²) in [4.78, 5) is 21.8. The molecule has 2 N–H and O–H groups in total. The number of anilines is 1.